The Labute approximate surface area is 135 Å². The third-order valence-electron chi connectivity index (χ3n) is 2.77. The summed E-state index contributed by atoms with van der Waals surface area (Å²) in [6, 6.07) is 3.42. The van der Waals surface area contributed by atoms with E-state index in [1.807, 2.05) is 0 Å². The number of benzene rings is 1. The highest BCUT2D eigenvalue weighted by Crippen LogP contribution is 2.39. The summed E-state index contributed by atoms with van der Waals surface area (Å²) in [5.41, 5.74) is -6.56. The van der Waals surface area contributed by atoms with Gasteiger partial charge in [0.25, 0.3) is 5.60 Å². The molecule has 0 saturated heterocycles. The van der Waals surface area contributed by atoms with Gasteiger partial charge in [-0.3, -0.25) is 0 Å². The van der Waals surface area contributed by atoms with Gasteiger partial charge in [0.15, 0.2) is 8.32 Å². The van der Waals surface area contributed by atoms with Gasteiger partial charge in [-0.05, 0) is 37.8 Å². The van der Waals surface area contributed by atoms with E-state index >= 15 is 0 Å². The molecule has 0 heterocycles. The molecule has 130 valence electrons. The summed E-state index contributed by atoms with van der Waals surface area (Å²) in [7, 11) is -2.65. The number of halogens is 6. The van der Waals surface area contributed by atoms with Crippen molar-refractivity contribution < 1.29 is 30.8 Å². The summed E-state index contributed by atoms with van der Waals surface area (Å²) in [4.78, 5) is 0. The van der Waals surface area contributed by atoms with Gasteiger partial charge < -0.3 is 4.43 Å². The third kappa shape index (κ3) is 4.49. The number of hydrogen-bond donors (Lipinski definition) is 0. The van der Waals surface area contributed by atoms with Crippen molar-refractivity contribution in [1.82, 2.24) is 0 Å². The largest absolute Gasteiger partial charge is 0.416 e. The standard InChI is InChI=1S/C14H12F6N2OSi/c1-24(2,3)23-12(7-21,8-22)9-4-10(13(15,16)17)6-11(5-9)14(18,19)20/h4-6H,1-3H3. The van der Waals surface area contributed by atoms with E-state index in [1.54, 1.807) is 19.6 Å². The fraction of sp³-hybridized carbons (Fsp3) is 0.429. The maximum Gasteiger partial charge on any atom is 0.416 e. The Bertz CT molecular complexity index is 660. The SMILES string of the molecule is C[Si](C)(C)OC(C#N)(C#N)c1cc(C(F)(F)F)cc(C(F)(F)F)c1. The molecule has 0 aliphatic rings. The first-order chi connectivity index (χ1) is 10.6. The molecular weight excluding hydrogens is 354 g/mol. The molecule has 0 atom stereocenters. The van der Waals surface area contributed by atoms with E-state index in [0.29, 0.717) is 12.1 Å². The van der Waals surface area contributed by atoms with Crippen molar-refractivity contribution in [3.63, 3.8) is 0 Å². The first kappa shape index (κ1) is 20.0. The molecule has 0 unspecified atom stereocenters. The van der Waals surface area contributed by atoms with Crippen LogP contribution in [0.15, 0.2) is 18.2 Å². The van der Waals surface area contributed by atoms with Crippen molar-refractivity contribution in [1.29, 1.82) is 10.5 Å². The Kier molecular flexibility index (Phi) is 5.09. The molecule has 1 aromatic rings. The molecule has 0 fully saturated rings. The van der Waals surface area contributed by atoms with Crippen LogP contribution in [0, 0.1) is 22.7 Å². The van der Waals surface area contributed by atoms with Crippen LogP contribution in [0.1, 0.15) is 16.7 Å². The van der Waals surface area contributed by atoms with Crippen LogP contribution in [-0.4, -0.2) is 8.32 Å². The van der Waals surface area contributed by atoms with E-state index in [4.69, 9.17) is 4.43 Å². The molecule has 10 heteroatoms. The van der Waals surface area contributed by atoms with Crippen LogP contribution < -0.4 is 0 Å². The molecular formula is C14H12F6N2OSi. The minimum Gasteiger partial charge on any atom is -0.386 e. The molecule has 0 aliphatic carbocycles. The van der Waals surface area contributed by atoms with Crippen molar-refractivity contribution in [2.24, 2.45) is 0 Å². The molecule has 0 N–H and O–H groups in total. The average Bonchev–Trinajstić information content (AvgIpc) is 2.41. The van der Waals surface area contributed by atoms with Crippen LogP contribution in [0.5, 0.6) is 0 Å². The van der Waals surface area contributed by atoms with Crippen molar-refractivity contribution in [2.75, 3.05) is 0 Å². The third-order valence-corrected chi connectivity index (χ3v) is 3.69. The van der Waals surface area contributed by atoms with Crippen LogP contribution in [0.3, 0.4) is 0 Å². The quantitative estimate of drug-likeness (QED) is 0.569. The highest BCUT2D eigenvalue weighted by molar-refractivity contribution is 6.69. The van der Waals surface area contributed by atoms with E-state index in [1.165, 1.54) is 12.1 Å². The first-order valence-electron chi connectivity index (χ1n) is 6.47. The Hall–Kier alpha value is -2.04. The average molecular weight is 366 g/mol. The minimum atomic E-state index is -5.08. The zero-order valence-corrected chi connectivity index (χ0v) is 13.8. The monoisotopic (exact) mass is 366 g/mol. The van der Waals surface area contributed by atoms with Crippen molar-refractivity contribution in [3.05, 3.63) is 34.9 Å². The van der Waals surface area contributed by atoms with Crippen molar-refractivity contribution >= 4 is 8.32 Å². The fourth-order valence-corrected chi connectivity index (χ4v) is 3.00. The topological polar surface area (TPSA) is 56.8 Å². The van der Waals surface area contributed by atoms with Gasteiger partial charge in [-0.25, -0.2) is 0 Å². The fourth-order valence-electron chi connectivity index (χ4n) is 1.88. The highest BCUT2D eigenvalue weighted by Gasteiger charge is 2.43. The zero-order chi connectivity index (χ0) is 19.0. The lowest BCUT2D eigenvalue weighted by molar-refractivity contribution is -0.143. The summed E-state index contributed by atoms with van der Waals surface area (Å²) in [5, 5.41) is 18.5. The second kappa shape index (κ2) is 6.11. The van der Waals surface area contributed by atoms with E-state index < -0.39 is 43.0 Å². The first-order valence-corrected chi connectivity index (χ1v) is 9.88. The lowest BCUT2D eigenvalue weighted by Gasteiger charge is -2.29. The van der Waals surface area contributed by atoms with Gasteiger partial charge >= 0.3 is 12.4 Å². The molecule has 1 aromatic carbocycles. The summed E-state index contributed by atoms with van der Waals surface area (Å²) in [6.45, 7) is 4.65. The smallest absolute Gasteiger partial charge is 0.386 e. The Balaban J connectivity index is 3.73. The van der Waals surface area contributed by atoms with Gasteiger partial charge in [0.1, 0.15) is 12.1 Å². The van der Waals surface area contributed by atoms with E-state index in [2.05, 4.69) is 0 Å². The van der Waals surface area contributed by atoms with Crippen LogP contribution in [0.25, 0.3) is 0 Å². The zero-order valence-electron chi connectivity index (χ0n) is 12.8. The maximum absolute atomic E-state index is 12.9. The van der Waals surface area contributed by atoms with Crippen LogP contribution in [0.2, 0.25) is 19.6 Å². The van der Waals surface area contributed by atoms with E-state index in [9.17, 15) is 36.9 Å². The van der Waals surface area contributed by atoms with Crippen molar-refractivity contribution in [3.8, 4) is 12.1 Å². The normalized spacial score (nSPS) is 13.3. The number of hydrogen-bond acceptors (Lipinski definition) is 3. The molecule has 24 heavy (non-hydrogen) atoms. The molecule has 0 saturated carbocycles. The molecule has 0 bridgehead atoms. The van der Waals surface area contributed by atoms with Gasteiger partial charge in [0.2, 0.25) is 0 Å². The van der Waals surface area contributed by atoms with Crippen LogP contribution in [0.4, 0.5) is 26.3 Å². The maximum atomic E-state index is 12.9. The minimum absolute atomic E-state index is 0.0719. The lowest BCUT2D eigenvalue weighted by atomic mass is 9.93. The number of nitriles is 2. The molecule has 0 aromatic heterocycles. The molecule has 0 amide bonds. The number of rotatable bonds is 3. The Morgan fingerprint density at radius 1 is 0.792 bits per heavy atom. The van der Waals surface area contributed by atoms with E-state index in [-0.39, 0.29) is 6.07 Å². The molecule has 1 rings (SSSR count). The predicted molar refractivity (Wildman–Crippen MR) is 73.8 cm³/mol. The van der Waals surface area contributed by atoms with Crippen LogP contribution >= 0.6 is 0 Å². The van der Waals surface area contributed by atoms with E-state index in [0.717, 1.165) is 0 Å². The molecule has 3 nitrogen and oxygen atoms in total. The Morgan fingerprint density at radius 3 is 1.38 bits per heavy atom. The van der Waals surface area contributed by atoms with Gasteiger partial charge in [-0.1, -0.05) is 0 Å². The highest BCUT2D eigenvalue weighted by atomic mass is 28.4. The van der Waals surface area contributed by atoms with Crippen LogP contribution in [-0.2, 0) is 22.4 Å². The summed E-state index contributed by atoms with van der Waals surface area (Å²) in [6.07, 6.45) is -10.2. The summed E-state index contributed by atoms with van der Waals surface area (Å²) < 4.78 is 82.8. The summed E-state index contributed by atoms with van der Waals surface area (Å²) in [5.74, 6) is 0. The summed E-state index contributed by atoms with van der Waals surface area (Å²) >= 11 is 0. The lowest BCUT2D eigenvalue weighted by Crippen LogP contribution is -2.39. The molecule has 0 spiro atoms. The molecule has 0 aliphatic heterocycles. The number of nitrogens with zero attached hydrogens (tertiary/aromatic N) is 2. The second-order valence-corrected chi connectivity index (χ2v) is 10.3. The van der Waals surface area contributed by atoms with Gasteiger partial charge in [0.05, 0.1) is 11.1 Å². The van der Waals surface area contributed by atoms with Gasteiger partial charge in [-0.2, -0.15) is 36.9 Å². The number of alkyl halides is 6. The second-order valence-electron chi connectivity index (χ2n) is 5.91. The van der Waals surface area contributed by atoms with Crippen molar-refractivity contribution in [2.45, 2.75) is 37.6 Å². The van der Waals surface area contributed by atoms with Gasteiger partial charge in [-0.15, -0.1) is 0 Å². The molecule has 0 radical (unpaired) electrons. The van der Waals surface area contributed by atoms with Gasteiger partial charge in [0, 0.05) is 5.56 Å². The predicted octanol–water partition coefficient (Wildman–Crippen LogP) is 4.82. The Morgan fingerprint density at radius 2 is 1.12 bits per heavy atom.